The number of rotatable bonds is 3. The molecule has 1 amide bonds. The number of fused-ring (bicyclic) bond motifs is 1. The van der Waals surface area contributed by atoms with Gasteiger partial charge in [-0.05, 0) is 18.6 Å². The number of aliphatic hydroxyl groups is 1. The van der Waals surface area contributed by atoms with E-state index in [0.717, 1.165) is 0 Å². The van der Waals surface area contributed by atoms with Crippen LogP contribution >= 0.6 is 11.6 Å². The summed E-state index contributed by atoms with van der Waals surface area (Å²) < 4.78 is 42.6. The van der Waals surface area contributed by atoms with Gasteiger partial charge in [0, 0.05) is 59.0 Å². The molecule has 2 aliphatic rings. The third-order valence-corrected chi connectivity index (χ3v) is 6.18. The van der Waals surface area contributed by atoms with Gasteiger partial charge in [-0.15, -0.1) is 0 Å². The minimum absolute atomic E-state index is 0.0416. The number of hydrogen-bond acceptors (Lipinski definition) is 3. The fraction of sp³-hybridized carbons (Fsp3) is 0.458. The molecule has 1 N–H and O–H groups in total. The van der Waals surface area contributed by atoms with E-state index in [2.05, 4.69) is 6.58 Å². The van der Waals surface area contributed by atoms with Gasteiger partial charge in [0.25, 0.3) is 0 Å². The number of hydrogen-bond donors (Lipinski definition) is 1. The molecule has 1 atom stereocenters. The van der Waals surface area contributed by atoms with Crippen molar-refractivity contribution < 1.29 is 23.1 Å². The zero-order valence-corrected chi connectivity index (χ0v) is 19.4. The van der Waals surface area contributed by atoms with Gasteiger partial charge in [-0.2, -0.15) is 13.2 Å². The van der Waals surface area contributed by atoms with E-state index in [1.807, 2.05) is 25.7 Å². The van der Waals surface area contributed by atoms with Crippen molar-refractivity contribution >= 4 is 23.1 Å². The molecule has 0 bridgehead atoms. The van der Waals surface area contributed by atoms with Crippen molar-refractivity contribution in [1.29, 1.82) is 0 Å². The normalized spacial score (nSPS) is 22.3. The number of benzene rings is 1. The third-order valence-electron chi connectivity index (χ3n) is 5.99. The Morgan fingerprint density at radius 1 is 1.12 bits per heavy atom. The van der Waals surface area contributed by atoms with Gasteiger partial charge in [0.2, 0.25) is 11.5 Å². The Kier molecular flexibility index (Phi) is 6.30. The summed E-state index contributed by atoms with van der Waals surface area (Å²) in [5.41, 5.74) is -3.43. The van der Waals surface area contributed by atoms with E-state index in [0.29, 0.717) is 31.9 Å². The van der Waals surface area contributed by atoms with E-state index in [-0.39, 0.29) is 33.2 Å². The van der Waals surface area contributed by atoms with E-state index >= 15 is 0 Å². The lowest BCUT2D eigenvalue weighted by molar-refractivity contribution is -0.247. The maximum Gasteiger partial charge on any atom is 0.425 e. The topological polar surface area (TPSA) is 43.8 Å². The molecule has 3 rings (SSSR count). The van der Waals surface area contributed by atoms with Crippen molar-refractivity contribution in [2.75, 3.05) is 26.2 Å². The van der Waals surface area contributed by atoms with Gasteiger partial charge in [0.15, 0.2) is 0 Å². The molecular formula is C24H28ClF3N2O2. The monoisotopic (exact) mass is 468 g/mol. The molecule has 4 nitrogen and oxygen atoms in total. The minimum atomic E-state index is -4.96. The first-order valence-corrected chi connectivity index (χ1v) is 10.8. The van der Waals surface area contributed by atoms with Gasteiger partial charge < -0.3 is 14.9 Å². The average Bonchev–Trinajstić information content (AvgIpc) is 2.96. The highest BCUT2D eigenvalue weighted by Crippen LogP contribution is 2.55. The van der Waals surface area contributed by atoms with E-state index in [1.165, 1.54) is 24.3 Å². The number of piperazine rings is 1. The highest BCUT2D eigenvalue weighted by Gasteiger charge is 2.61. The maximum atomic E-state index is 14.2. The van der Waals surface area contributed by atoms with E-state index in [4.69, 9.17) is 11.6 Å². The Morgan fingerprint density at radius 2 is 1.66 bits per heavy atom. The Bertz CT molecular complexity index is 999. The summed E-state index contributed by atoms with van der Waals surface area (Å²) in [5, 5.41) is 10.9. The van der Waals surface area contributed by atoms with Crippen LogP contribution in [0.3, 0.4) is 0 Å². The molecule has 8 heteroatoms. The summed E-state index contributed by atoms with van der Waals surface area (Å²) in [4.78, 5) is 16.2. The molecule has 1 fully saturated rings. The largest absolute Gasteiger partial charge is 0.425 e. The van der Waals surface area contributed by atoms with Crippen molar-refractivity contribution in [2.45, 2.75) is 39.5 Å². The van der Waals surface area contributed by atoms with Crippen LogP contribution < -0.4 is 0 Å². The smallest absolute Gasteiger partial charge is 0.372 e. The molecule has 1 heterocycles. The average molecular weight is 469 g/mol. The fourth-order valence-corrected chi connectivity index (χ4v) is 4.50. The lowest BCUT2D eigenvalue weighted by Gasteiger charge is -2.39. The molecule has 1 aromatic carbocycles. The third kappa shape index (κ3) is 4.08. The molecule has 1 aliphatic carbocycles. The standard InChI is InChI=1S/C24H28ClF3N2O2/c1-15(29-10-12-30(13-11-29)21(31)22(3,4)5)14-19-20(16(2)25)17-8-6-7-9-18(17)23(19,32)24(26,27)28/h6-9,14,32H,2,10-13H2,1,3-5H3/b15-14+. The zero-order valence-electron chi connectivity index (χ0n) is 18.7. The second-order valence-electron chi connectivity index (χ2n) is 9.26. The molecule has 1 aliphatic heterocycles. The highest BCUT2D eigenvalue weighted by molar-refractivity contribution is 6.37. The second kappa shape index (κ2) is 8.27. The highest BCUT2D eigenvalue weighted by atomic mass is 35.5. The summed E-state index contributed by atoms with van der Waals surface area (Å²) in [7, 11) is 0. The van der Waals surface area contributed by atoms with Crippen molar-refractivity contribution in [3.05, 3.63) is 64.3 Å². The van der Waals surface area contributed by atoms with Gasteiger partial charge >= 0.3 is 6.18 Å². The van der Waals surface area contributed by atoms with Crippen molar-refractivity contribution in [3.8, 4) is 0 Å². The van der Waals surface area contributed by atoms with Crippen LogP contribution in [0.1, 0.15) is 38.8 Å². The SMILES string of the molecule is C=C(Cl)C1=C(/C=C(\C)N2CCN(C(=O)C(C)(C)C)CC2)C(O)(C(F)(F)F)c2ccccc21. The lowest BCUT2D eigenvalue weighted by Crippen LogP contribution is -2.51. The van der Waals surface area contributed by atoms with E-state index < -0.39 is 17.2 Å². The van der Waals surface area contributed by atoms with Crippen LogP contribution in [-0.4, -0.2) is 53.2 Å². The van der Waals surface area contributed by atoms with E-state index in [1.54, 1.807) is 17.9 Å². The molecule has 0 radical (unpaired) electrons. The number of allylic oxidation sites excluding steroid dienone is 3. The summed E-state index contributed by atoms with van der Waals surface area (Å²) >= 11 is 6.13. The second-order valence-corrected chi connectivity index (χ2v) is 9.72. The number of amides is 1. The maximum absolute atomic E-state index is 14.2. The number of halogens is 4. The van der Waals surface area contributed by atoms with Gasteiger partial charge in [-0.1, -0.05) is 63.2 Å². The number of nitrogens with zero attached hydrogens (tertiary/aromatic N) is 2. The molecular weight excluding hydrogens is 441 g/mol. The number of carbonyl (C=O) groups is 1. The van der Waals surface area contributed by atoms with Crippen LogP contribution in [0.5, 0.6) is 0 Å². The minimum Gasteiger partial charge on any atom is -0.372 e. The molecule has 32 heavy (non-hydrogen) atoms. The molecule has 0 spiro atoms. The first kappa shape index (κ1) is 24.4. The molecule has 1 aromatic rings. The van der Waals surface area contributed by atoms with Crippen LogP contribution in [0, 0.1) is 5.41 Å². The first-order chi connectivity index (χ1) is 14.7. The first-order valence-electron chi connectivity index (χ1n) is 10.4. The van der Waals surface area contributed by atoms with Gasteiger partial charge in [-0.3, -0.25) is 4.79 Å². The molecule has 174 valence electrons. The quantitative estimate of drug-likeness (QED) is 0.675. The van der Waals surface area contributed by atoms with E-state index in [9.17, 15) is 23.1 Å². The number of carbonyl (C=O) groups excluding carboxylic acids is 1. The van der Waals surface area contributed by atoms with Crippen LogP contribution in [0.2, 0.25) is 0 Å². The van der Waals surface area contributed by atoms with Crippen LogP contribution in [0.4, 0.5) is 13.2 Å². The summed E-state index contributed by atoms with van der Waals surface area (Å²) in [6, 6.07) is 5.81. The molecule has 1 saturated heterocycles. The van der Waals surface area contributed by atoms with Gasteiger partial charge in [-0.25, -0.2) is 0 Å². The Morgan fingerprint density at radius 3 is 2.16 bits per heavy atom. The van der Waals surface area contributed by atoms with Crippen LogP contribution in [0.15, 0.2) is 53.2 Å². The molecule has 1 unspecified atom stereocenters. The van der Waals surface area contributed by atoms with Gasteiger partial charge in [0.1, 0.15) is 0 Å². The predicted octanol–water partition coefficient (Wildman–Crippen LogP) is 5.05. The Balaban J connectivity index is 1.98. The van der Waals surface area contributed by atoms with Crippen molar-refractivity contribution in [2.24, 2.45) is 5.41 Å². The van der Waals surface area contributed by atoms with Crippen LogP contribution in [0.25, 0.3) is 5.57 Å². The fourth-order valence-electron chi connectivity index (χ4n) is 4.30. The van der Waals surface area contributed by atoms with Crippen LogP contribution in [-0.2, 0) is 10.4 Å². The Hall–Kier alpha value is -2.25. The summed E-state index contributed by atoms with van der Waals surface area (Å²) in [6.07, 6.45) is -3.61. The summed E-state index contributed by atoms with van der Waals surface area (Å²) in [5.74, 6) is 0.0416. The van der Waals surface area contributed by atoms with Crippen molar-refractivity contribution in [1.82, 2.24) is 9.80 Å². The van der Waals surface area contributed by atoms with Crippen molar-refractivity contribution in [3.63, 3.8) is 0 Å². The predicted molar refractivity (Wildman–Crippen MR) is 120 cm³/mol. The number of alkyl halides is 3. The van der Waals surface area contributed by atoms with Gasteiger partial charge in [0.05, 0.1) is 0 Å². The lowest BCUT2D eigenvalue weighted by atomic mass is 9.88. The molecule has 0 saturated carbocycles. The summed E-state index contributed by atoms with van der Waals surface area (Å²) in [6.45, 7) is 12.8. The molecule has 0 aromatic heterocycles. The Labute approximate surface area is 191 Å². The zero-order chi connectivity index (χ0) is 24.1.